The van der Waals surface area contributed by atoms with Crippen molar-refractivity contribution in [2.24, 2.45) is 5.41 Å². The summed E-state index contributed by atoms with van der Waals surface area (Å²) in [6.07, 6.45) is 0.175. The van der Waals surface area contributed by atoms with E-state index in [4.69, 9.17) is 14.2 Å². The van der Waals surface area contributed by atoms with Crippen molar-refractivity contribution in [2.75, 3.05) is 21.0 Å². The molecule has 10 heteroatoms. The van der Waals surface area contributed by atoms with Crippen LogP contribution in [0.4, 0.5) is 0 Å². The molecule has 1 aromatic carbocycles. The Morgan fingerprint density at radius 3 is 2.62 bits per heavy atom. The summed E-state index contributed by atoms with van der Waals surface area (Å²) in [5.74, 6) is 0.370. The summed E-state index contributed by atoms with van der Waals surface area (Å²) in [7, 11) is 5.72. The molecule has 1 spiro atoms. The Bertz CT molecular complexity index is 972. The van der Waals surface area contributed by atoms with Gasteiger partial charge in [-0.3, -0.25) is 14.4 Å². The van der Waals surface area contributed by atoms with E-state index >= 15 is 0 Å². The van der Waals surface area contributed by atoms with Gasteiger partial charge in [0.15, 0.2) is 21.2 Å². The van der Waals surface area contributed by atoms with Crippen molar-refractivity contribution in [2.45, 2.75) is 36.1 Å². The van der Waals surface area contributed by atoms with Gasteiger partial charge in [0, 0.05) is 13.5 Å². The van der Waals surface area contributed by atoms with Crippen LogP contribution >= 0.6 is 21.6 Å². The fourth-order valence-electron chi connectivity index (χ4n) is 4.82. The van der Waals surface area contributed by atoms with E-state index in [1.54, 1.807) is 37.9 Å². The monoisotopic (exact) mass is 436 g/mol. The number of esters is 1. The number of fused-ring (bicyclic) bond motifs is 3. The van der Waals surface area contributed by atoms with Crippen molar-refractivity contribution >= 4 is 39.4 Å². The molecule has 154 valence electrons. The van der Waals surface area contributed by atoms with Crippen LogP contribution in [-0.2, 0) is 19.1 Å². The van der Waals surface area contributed by atoms with Crippen LogP contribution in [0.2, 0.25) is 0 Å². The highest BCUT2D eigenvalue weighted by Crippen LogP contribution is 2.69. The Kier molecular flexibility index (Phi) is 3.75. The van der Waals surface area contributed by atoms with Crippen molar-refractivity contribution in [3.05, 3.63) is 23.8 Å². The molecule has 2 bridgehead atoms. The lowest BCUT2D eigenvalue weighted by Crippen LogP contribution is -2.73. The van der Waals surface area contributed by atoms with Gasteiger partial charge >= 0.3 is 5.97 Å². The van der Waals surface area contributed by atoms with E-state index in [0.29, 0.717) is 17.1 Å². The first-order valence-electron chi connectivity index (χ1n) is 9.16. The molecule has 29 heavy (non-hydrogen) atoms. The van der Waals surface area contributed by atoms with E-state index in [-0.39, 0.29) is 25.0 Å². The van der Waals surface area contributed by atoms with E-state index in [1.807, 2.05) is 6.07 Å². The standard InChI is InChI=1S/C19H20N2O6S2/c1-17(16(24)25-4)8-19-15(23)20(3)18(2,28-29-19)14(22)21(19)13(17)10-5-6-11-12(7-10)27-9-26-11/h5-7,13H,8-9H2,1-4H3/t13?,17-,18?,19-/m0/s1. The normalized spacial score (nSPS) is 37.2. The van der Waals surface area contributed by atoms with Gasteiger partial charge < -0.3 is 24.0 Å². The van der Waals surface area contributed by atoms with Gasteiger partial charge in [-0.15, -0.1) is 0 Å². The number of nitrogens with zero attached hydrogens (tertiary/aromatic N) is 2. The summed E-state index contributed by atoms with van der Waals surface area (Å²) < 4.78 is 16.0. The quantitative estimate of drug-likeness (QED) is 0.515. The van der Waals surface area contributed by atoms with Gasteiger partial charge in [0.25, 0.3) is 11.8 Å². The predicted octanol–water partition coefficient (Wildman–Crippen LogP) is 2.15. The number of carbonyl (C=O) groups excluding carboxylic acids is 3. The number of piperazine rings is 1. The summed E-state index contributed by atoms with van der Waals surface area (Å²) in [5.41, 5.74) is -0.387. The molecular weight excluding hydrogens is 416 g/mol. The molecule has 8 nitrogen and oxygen atoms in total. The highest BCUT2D eigenvalue weighted by molar-refractivity contribution is 8.78. The molecule has 4 fully saturated rings. The number of methoxy groups -OCH3 is 1. The van der Waals surface area contributed by atoms with E-state index in [1.165, 1.54) is 33.6 Å². The van der Waals surface area contributed by atoms with Crippen LogP contribution in [0.5, 0.6) is 11.5 Å². The SMILES string of the molecule is COC(=O)[C@@]1(C)C[C@@]23SSC(C)(C(=O)N2C1c1ccc2c(c1)OCO2)N(C)C3=O. The van der Waals surface area contributed by atoms with E-state index in [2.05, 4.69) is 0 Å². The maximum atomic E-state index is 13.6. The Morgan fingerprint density at radius 2 is 1.90 bits per heavy atom. The molecule has 0 N–H and O–H groups in total. The van der Waals surface area contributed by atoms with Crippen molar-refractivity contribution in [1.82, 2.24) is 9.80 Å². The molecule has 0 aliphatic carbocycles. The summed E-state index contributed by atoms with van der Waals surface area (Å²) in [4.78, 5) is 41.0. The van der Waals surface area contributed by atoms with Crippen LogP contribution < -0.4 is 9.47 Å². The van der Waals surface area contributed by atoms with Gasteiger partial charge in [-0.1, -0.05) is 27.7 Å². The van der Waals surface area contributed by atoms with Gasteiger partial charge in [0.05, 0.1) is 18.6 Å². The van der Waals surface area contributed by atoms with Crippen LogP contribution in [0.25, 0.3) is 0 Å². The molecule has 4 atom stereocenters. The Hall–Kier alpha value is -2.07. The Labute approximate surface area is 175 Å². The second kappa shape index (κ2) is 5.75. The highest BCUT2D eigenvalue weighted by Gasteiger charge is 2.76. The van der Waals surface area contributed by atoms with E-state index in [0.717, 1.165) is 0 Å². The molecule has 4 saturated heterocycles. The fraction of sp³-hybridized carbons (Fsp3) is 0.526. The number of likely N-dealkylation sites (N-methyl/N-ethyl adjacent to an activating group) is 1. The zero-order valence-corrected chi connectivity index (χ0v) is 18.0. The van der Waals surface area contributed by atoms with Crippen molar-refractivity contribution in [3.8, 4) is 11.5 Å². The average molecular weight is 437 g/mol. The number of hydrogen-bond donors (Lipinski definition) is 0. The Balaban J connectivity index is 1.72. The summed E-state index contributed by atoms with van der Waals surface area (Å²) in [6, 6.07) is 4.71. The minimum absolute atomic E-state index is 0.123. The molecule has 5 heterocycles. The first-order valence-corrected chi connectivity index (χ1v) is 11.3. The van der Waals surface area contributed by atoms with Gasteiger partial charge in [0.1, 0.15) is 0 Å². The van der Waals surface area contributed by atoms with Gasteiger partial charge in [-0.05, 0) is 31.5 Å². The molecule has 1 aromatic rings. The second-order valence-corrected chi connectivity index (χ2v) is 10.9. The van der Waals surface area contributed by atoms with Crippen molar-refractivity contribution in [3.63, 3.8) is 0 Å². The zero-order valence-electron chi connectivity index (χ0n) is 16.4. The van der Waals surface area contributed by atoms with E-state index < -0.39 is 27.2 Å². The molecule has 2 amide bonds. The summed E-state index contributed by atoms with van der Waals surface area (Å²) in [5, 5.41) is 0. The largest absolute Gasteiger partial charge is 0.469 e. The number of carbonyl (C=O) groups is 3. The minimum atomic E-state index is -1.15. The lowest BCUT2D eigenvalue weighted by molar-refractivity contribution is -0.165. The van der Waals surface area contributed by atoms with Crippen LogP contribution in [0.3, 0.4) is 0 Å². The maximum Gasteiger partial charge on any atom is 0.314 e. The smallest absolute Gasteiger partial charge is 0.314 e. The van der Waals surface area contributed by atoms with Gasteiger partial charge in [0.2, 0.25) is 6.79 Å². The average Bonchev–Trinajstić information content (AvgIpc) is 3.28. The first kappa shape index (κ1) is 18.9. The van der Waals surface area contributed by atoms with Crippen LogP contribution in [0.15, 0.2) is 18.2 Å². The fourth-order valence-corrected chi connectivity index (χ4v) is 8.40. The van der Waals surface area contributed by atoms with Crippen molar-refractivity contribution < 1.29 is 28.6 Å². The minimum Gasteiger partial charge on any atom is -0.469 e. The molecule has 0 saturated carbocycles. The molecule has 5 aliphatic rings. The molecule has 0 aromatic heterocycles. The maximum absolute atomic E-state index is 13.6. The van der Waals surface area contributed by atoms with Crippen LogP contribution in [0.1, 0.15) is 31.9 Å². The highest BCUT2D eigenvalue weighted by atomic mass is 33.1. The second-order valence-electron chi connectivity index (χ2n) is 8.07. The molecule has 6 rings (SSSR count). The topological polar surface area (TPSA) is 85.4 Å². The number of rotatable bonds is 2. The van der Waals surface area contributed by atoms with Crippen LogP contribution in [-0.4, -0.2) is 58.3 Å². The lowest BCUT2D eigenvalue weighted by Gasteiger charge is -2.57. The van der Waals surface area contributed by atoms with Crippen LogP contribution in [0, 0.1) is 5.41 Å². The van der Waals surface area contributed by atoms with Gasteiger partial charge in [-0.2, -0.15) is 0 Å². The molecular formula is C19H20N2O6S2. The lowest BCUT2D eigenvalue weighted by atomic mass is 9.78. The Morgan fingerprint density at radius 1 is 1.17 bits per heavy atom. The van der Waals surface area contributed by atoms with E-state index in [9.17, 15) is 14.4 Å². The summed E-state index contributed by atoms with van der Waals surface area (Å²) >= 11 is 0. The third-order valence-electron chi connectivity index (χ3n) is 6.46. The first-order chi connectivity index (χ1) is 13.7. The molecule has 2 unspecified atom stereocenters. The predicted molar refractivity (Wildman–Crippen MR) is 106 cm³/mol. The zero-order chi connectivity index (χ0) is 20.8. The van der Waals surface area contributed by atoms with Gasteiger partial charge in [-0.25, -0.2) is 0 Å². The number of amides is 2. The third-order valence-corrected chi connectivity index (χ3v) is 10.2. The summed E-state index contributed by atoms with van der Waals surface area (Å²) in [6.45, 7) is 3.64. The number of ether oxygens (including phenoxy) is 3. The third kappa shape index (κ3) is 2.11. The molecule has 0 radical (unpaired) electrons. The van der Waals surface area contributed by atoms with Crippen molar-refractivity contribution in [1.29, 1.82) is 0 Å². The number of hydrogen-bond acceptors (Lipinski definition) is 8. The number of benzene rings is 1. The molecule has 5 aliphatic heterocycles.